The fourth-order valence-corrected chi connectivity index (χ4v) is 2.42. The third kappa shape index (κ3) is 6.84. The van der Waals surface area contributed by atoms with Crippen molar-refractivity contribution in [3.8, 4) is 0 Å². The Morgan fingerprint density at radius 2 is 2.08 bits per heavy atom. The van der Waals surface area contributed by atoms with E-state index in [2.05, 4.69) is 10.6 Å². The second kappa shape index (κ2) is 9.58. The number of halogens is 2. The third-order valence-corrected chi connectivity index (χ3v) is 3.98. The van der Waals surface area contributed by atoms with Gasteiger partial charge in [-0.3, -0.25) is 9.59 Å². The van der Waals surface area contributed by atoms with Gasteiger partial charge in [0, 0.05) is 5.56 Å². The molecule has 0 spiro atoms. The molecule has 0 aliphatic carbocycles. The van der Waals surface area contributed by atoms with E-state index in [-0.39, 0.29) is 0 Å². The lowest BCUT2D eigenvalue weighted by atomic mass is 10.1. The van der Waals surface area contributed by atoms with Crippen LogP contribution in [-0.2, 0) is 4.79 Å². The maximum atomic E-state index is 13.2. The predicted octanol–water partition coefficient (Wildman–Crippen LogP) is 1.56. The van der Waals surface area contributed by atoms with Gasteiger partial charge in [-0.05, 0) is 37.5 Å². The molecule has 0 heterocycles. The molecule has 1 unspecified atom stereocenters. The highest BCUT2D eigenvalue weighted by Crippen LogP contribution is 2.10. The molecule has 1 aromatic rings. The number of alkyl halides is 2. The molecular formula is C16H23F2N3O2S. The lowest BCUT2D eigenvalue weighted by Crippen LogP contribution is -2.50. The molecule has 2 amide bonds. The molecule has 24 heavy (non-hydrogen) atoms. The smallest absolute Gasteiger partial charge is 0.277 e. The average Bonchev–Trinajstić information content (AvgIpc) is 2.56. The highest BCUT2D eigenvalue weighted by Gasteiger charge is 2.29. The van der Waals surface area contributed by atoms with Crippen LogP contribution in [0, 0.1) is 6.92 Å². The van der Waals surface area contributed by atoms with E-state index in [4.69, 9.17) is 5.73 Å². The Kier molecular flexibility index (Phi) is 8.14. The summed E-state index contributed by atoms with van der Waals surface area (Å²) in [7, 11) is 0. The molecule has 0 saturated heterocycles. The number of nitrogens with two attached hydrogens (primary N) is 1. The zero-order chi connectivity index (χ0) is 18.2. The lowest BCUT2D eigenvalue weighted by Gasteiger charge is -2.20. The molecule has 5 nitrogen and oxygen atoms in total. The summed E-state index contributed by atoms with van der Waals surface area (Å²) in [6.07, 6.45) is 2.21. The molecule has 1 rings (SSSR count). The van der Waals surface area contributed by atoms with Crippen LogP contribution < -0.4 is 16.4 Å². The normalized spacial score (nSPS) is 12.5. The number of carbonyl (C=O) groups excluding carboxylic acids is 2. The summed E-state index contributed by atoms with van der Waals surface area (Å²) in [5, 5.41) is 4.77. The van der Waals surface area contributed by atoms with Gasteiger partial charge < -0.3 is 16.4 Å². The molecule has 1 aromatic carbocycles. The van der Waals surface area contributed by atoms with Crippen LogP contribution in [0.25, 0.3) is 0 Å². The quantitative estimate of drug-likeness (QED) is 0.625. The molecular weight excluding hydrogens is 336 g/mol. The monoisotopic (exact) mass is 359 g/mol. The van der Waals surface area contributed by atoms with Crippen molar-refractivity contribution in [2.24, 2.45) is 5.73 Å². The molecule has 0 fully saturated rings. The first-order valence-corrected chi connectivity index (χ1v) is 8.90. The van der Waals surface area contributed by atoms with Crippen LogP contribution in [0.2, 0.25) is 0 Å². The summed E-state index contributed by atoms with van der Waals surface area (Å²) in [5.74, 6) is -3.61. The van der Waals surface area contributed by atoms with Crippen molar-refractivity contribution >= 4 is 23.6 Å². The van der Waals surface area contributed by atoms with E-state index in [1.54, 1.807) is 18.2 Å². The maximum Gasteiger partial charge on any atom is 0.277 e. The molecule has 0 saturated carbocycles. The standard InChI is InChI=1S/C16H23F2N3O2S/c1-11-4-3-5-12(8-11)14(22)21-13(6-7-24-2)15(23)20-10-16(17,18)9-19/h3-5,8,13H,6-7,9-10,19H2,1-2H3,(H,20,23)(H,21,22). The Bertz CT molecular complexity index is 570. The summed E-state index contributed by atoms with van der Waals surface area (Å²) in [6.45, 7) is 0.153. The highest BCUT2D eigenvalue weighted by molar-refractivity contribution is 7.98. The summed E-state index contributed by atoms with van der Waals surface area (Å²) >= 11 is 1.50. The minimum absolute atomic E-state index is 0.346. The van der Waals surface area contributed by atoms with Gasteiger partial charge in [-0.15, -0.1) is 0 Å². The highest BCUT2D eigenvalue weighted by atomic mass is 32.2. The fraction of sp³-hybridized carbons (Fsp3) is 0.500. The number of hydrogen-bond acceptors (Lipinski definition) is 4. The van der Waals surface area contributed by atoms with Crippen LogP contribution >= 0.6 is 11.8 Å². The number of rotatable bonds is 9. The van der Waals surface area contributed by atoms with E-state index >= 15 is 0 Å². The van der Waals surface area contributed by atoms with Crippen molar-refractivity contribution in [1.29, 1.82) is 0 Å². The van der Waals surface area contributed by atoms with Gasteiger partial charge in [0.2, 0.25) is 5.91 Å². The molecule has 8 heteroatoms. The van der Waals surface area contributed by atoms with Crippen molar-refractivity contribution in [2.75, 3.05) is 25.1 Å². The lowest BCUT2D eigenvalue weighted by molar-refractivity contribution is -0.124. The Morgan fingerprint density at radius 1 is 1.38 bits per heavy atom. The molecule has 0 aromatic heterocycles. The van der Waals surface area contributed by atoms with Gasteiger partial charge in [0.25, 0.3) is 11.8 Å². The first-order chi connectivity index (χ1) is 11.3. The van der Waals surface area contributed by atoms with Gasteiger partial charge in [-0.25, -0.2) is 8.78 Å². The largest absolute Gasteiger partial charge is 0.348 e. The summed E-state index contributed by atoms with van der Waals surface area (Å²) in [6, 6.07) is 6.04. The van der Waals surface area contributed by atoms with Crippen molar-refractivity contribution in [3.63, 3.8) is 0 Å². The number of benzene rings is 1. The number of aryl methyl sites for hydroxylation is 1. The van der Waals surface area contributed by atoms with E-state index in [9.17, 15) is 18.4 Å². The van der Waals surface area contributed by atoms with Crippen molar-refractivity contribution in [2.45, 2.75) is 25.3 Å². The Morgan fingerprint density at radius 3 is 2.67 bits per heavy atom. The predicted molar refractivity (Wildman–Crippen MR) is 92.4 cm³/mol. The van der Waals surface area contributed by atoms with Crippen LogP contribution in [0.1, 0.15) is 22.3 Å². The second-order valence-electron chi connectivity index (χ2n) is 5.45. The first-order valence-electron chi connectivity index (χ1n) is 7.51. The third-order valence-electron chi connectivity index (χ3n) is 3.33. The Balaban J connectivity index is 2.73. The van der Waals surface area contributed by atoms with Gasteiger partial charge in [0.15, 0.2) is 0 Å². The SMILES string of the molecule is CSCCC(NC(=O)c1cccc(C)c1)C(=O)NCC(F)(F)CN. The van der Waals surface area contributed by atoms with Crippen LogP contribution in [0.5, 0.6) is 0 Å². The zero-order valence-corrected chi connectivity index (χ0v) is 14.6. The van der Waals surface area contributed by atoms with E-state index in [0.717, 1.165) is 5.56 Å². The summed E-state index contributed by atoms with van der Waals surface area (Å²) in [4.78, 5) is 24.4. The number of carbonyl (C=O) groups is 2. The second-order valence-corrected chi connectivity index (χ2v) is 6.44. The van der Waals surface area contributed by atoms with Gasteiger partial charge >= 0.3 is 0 Å². The van der Waals surface area contributed by atoms with Crippen LogP contribution in [0.3, 0.4) is 0 Å². The van der Waals surface area contributed by atoms with Gasteiger partial charge in [-0.1, -0.05) is 17.7 Å². The average molecular weight is 359 g/mol. The van der Waals surface area contributed by atoms with E-state index in [1.165, 1.54) is 11.8 Å². The molecule has 0 radical (unpaired) electrons. The Hall–Kier alpha value is -1.67. The topological polar surface area (TPSA) is 84.2 Å². The molecule has 1 atom stereocenters. The van der Waals surface area contributed by atoms with Crippen molar-refractivity contribution in [3.05, 3.63) is 35.4 Å². The first kappa shape index (κ1) is 20.4. The summed E-state index contributed by atoms with van der Waals surface area (Å²) < 4.78 is 26.3. The van der Waals surface area contributed by atoms with Gasteiger partial charge in [0.1, 0.15) is 6.04 Å². The van der Waals surface area contributed by atoms with E-state index < -0.39 is 36.9 Å². The molecule has 134 valence electrons. The van der Waals surface area contributed by atoms with Crippen LogP contribution in [0.4, 0.5) is 8.78 Å². The summed E-state index contributed by atoms with van der Waals surface area (Å²) in [5.41, 5.74) is 6.28. The van der Waals surface area contributed by atoms with Crippen molar-refractivity contribution in [1.82, 2.24) is 10.6 Å². The minimum atomic E-state index is -3.17. The minimum Gasteiger partial charge on any atom is -0.348 e. The van der Waals surface area contributed by atoms with Gasteiger partial charge in [0.05, 0.1) is 13.1 Å². The van der Waals surface area contributed by atoms with E-state index in [1.807, 2.05) is 19.2 Å². The molecule has 0 bridgehead atoms. The number of hydrogen-bond donors (Lipinski definition) is 3. The number of nitrogens with one attached hydrogen (secondary N) is 2. The maximum absolute atomic E-state index is 13.2. The molecule has 4 N–H and O–H groups in total. The van der Waals surface area contributed by atoms with Crippen LogP contribution in [0.15, 0.2) is 24.3 Å². The number of thioether (sulfide) groups is 1. The molecule has 0 aliphatic heterocycles. The zero-order valence-electron chi connectivity index (χ0n) is 13.8. The van der Waals surface area contributed by atoms with Gasteiger partial charge in [-0.2, -0.15) is 11.8 Å². The van der Waals surface area contributed by atoms with Crippen LogP contribution in [-0.4, -0.2) is 48.9 Å². The number of amides is 2. The van der Waals surface area contributed by atoms with E-state index in [0.29, 0.717) is 17.7 Å². The Labute approximate surface area is 144 Å². The van der Waals surface area contributed by atoms with Crippen molar-refractivity contribution < 1.29 is 18.4 Å². The fourth-order valence-electron chi connectivity index (χ4n) is 1.94. The molecule has 0 aliphatic rings.